The number of amides is 1. The Hall–Kier alpha value is -1.35. The summed E-state index contributed by atoms with van der Waals surface area (Å²) in [5, 5.41) is 9.43. The quantitative estimate of drug-likeness (QED) is 0.870. The van der Waals surface area contributed by atoms with Gasteiger partial charge >= 0.3 is 0 Å². The van der Waals surface area contributed by atoms with Crippen molar-refractivity contribution < 1.29 is 9.90 Å². The van der Waals surface area contributed by atoms with Crippen LogP contribution in [-0.2, 0) is 0 Å². The van der Waals surface area contributed by atoms with Crippen molar-refractivity contribution in [2.45, 2.75) is 33.2 Å². The first-order valence-corrected chi connectivity index (χ1v) is 6.53. The Bertz CT molecular complexity index is 456. The molecule has 0 bridgehead atoms. The van der Waals surface area contributed by atoms with Gasteiger partial charge in [0.15, 0.2) is 0 Å². The standard InChI is InChI=1S/C15H21NO2/c1-10-4-5-11(2)13(8-10)15(18)16-7-6-12(3)14(16)9-17/h4-5,8,12,14,17H,6-7,9H2,1-3H3. The maximum absolute atomic E-state index is 12.5. The first-order chi connectivity index (χ1) is 8.54. The van der Waals surface area contributed by atoms with E-state index >= 15 is 0 Å². The Labute approximate surface area is 108 Å². The van der Waals surface area contributed by atoms with E-state index < -0.39 is 0 Å². The molecule has 1 aromatic rings. The maximum atomic E-state index is 12.5. The number of rotatable bonds is 2. The molecule has 1 aliphatic heterocycles. The van der Waals surface area contributed by atoms with Gasteiger partial charge in [0, 0.05) is 12.1 Å². The average molecular weight is 247 g/mol. The van der Waals surface area contributed by atoms with E-state index in [1.807, 2.05) is 36.9 Å². The van der Waals surface area contributed by atoms with Crippen molar-refractivity contribution in [3.63, 3.8) is 0 Å². The Balaban J connectivity index is 2.28. The largest absolute Gasteiger partial charge is 0.394 e. The lowest BCUT2D eigenvalue weighted by Gasteiger charge is -2.26. The lowest BCUT2D eigenvalue weighted by Crippen LogP contribution is -2.40. The predicted octanol–water partition coefficient (Wildman–Crippen LogP) is 2.15. The normalized spacial score (nSPS) is 23.4. The number of aryl methyl sites for hydroxylation is 2. The van der Waals surface area contributed by atoms with Crippen molar-refractivity contribution >= 4 is 5.91 Å². The van der Waals surface area contributed by atoms with Crippen LogP contribution in [0.4, 0.5) is 0 Å². The van der Waals surface area contributed by atoms with Gasteiger partial charge in [-0.2, -0.15) is 0 Å². The third-order valence-corrected chi connectivity index (χ3v) is 3.95. The summed E-state index contributed by atoms with van der Waals surface area (Å²) in [5.74, 6) is 0.434. The molecule has 0 radical (unpaired) electrons. The maximum Gasteiger partial charge on any atom is 0.254 e. The first-order valence-electron chi connectivity index (χ1n) is 6.53. The Kier molecular flexibility index (Phi) is 3.71. The molecule has 2 rings (SSSR count). The number of hydrogen-bond donors (Lipinski definition) is 1. The fourth-order valence-corrected chi connectivity index (χ4v) is 2.66. The smallest absolute Gasteiger partial charge is 0.254 e. The molecule has 0 aliphatic carbocycles. The molecular formula is C15H21NO2. The minimum atomic E-state index is -0.0302. The Morgan fingerprint density at radius 3 is 2.83 bits per heavy atom. The second kappa shape index (κ2) is 5.11. The van der Waals surface area contributed by atoms with Crippen LogP contribution < -0.4 is 0 Å². The highest BCUT2D eigenvalue weighted by molar-refractivity contribution is 5.96. The topological polar surface area (TPSA) is 40.5 Å². The summed E-state index contributed by atoms with van der Waals surface area (Å²) < 4.78 is 0. The molecule has 2 atom stereocenters. The van der Waals surface area contributed by atoms with Gasteiger partial charge in [0.1, 0.15) is 0 Å². The molecule has 3 nitrogen and oxygen atoms in total. The molecule has 1 aromatic carbocycles. The number of benzene rings is 1. The monoisotopic (exact) mass is 247 g/mol. The molecule has 0 aromatic heterocycles. The average Bonchev–Trinajstić information content (AvgIpc) is 2.72. The van der Waals surface area contributed by atoms with Crippen LogP contribution in [0, 0.1) is 19.8 Å². The molecule has 1 fully saturated rings. The third kappa shape index (κ3) is 2.27. The molecule has 0 saturated carbocycles. The van der Waals surface area contributed by atoms with Crippen molar-refractivity contribution in [3.05, 3.63) is 34.9 Å². The van der Waals surface area contributed by atoms with Crippen LogP contribution >= 0.6 is 0 Å². The number of nitrogens with zero attached hydrogens (tertiary/aromatic N) is 1. The van der Waals surface area contributed by atoms with Crippen LogP contribution in [0.25, 0.3) is 0 Å². The second-order valence-electron chi connectivity index (χ2n) is 5.33. The van der Waals surface area contributed by atoms with Gasteiger partial charge in [-0.1, -0.05) is 24.6 Å². The van der Waals surface area contributed by atoms with Crippen LogP contribution in [0.1, 0.15) is 34.8 Å². The summed E-state index contributed by atoms with van der Waals surface area (Å²) in [4.78, 5) is 14.4. The van der Waals surface area contributed by atoms with Gasteiger partial charge in [-0.05, 0) is 37.8 Å². The predicted molar refractivity (Wildman–Crippen MR) is 71.6 cm³/mol. The van der Waals surface area contributed by atoms with E-state index in [4.69, 9.17) is 0 Å². The molecule has 1 saturated heterocycles. The van der Waals surface area contributed by atoms with E-state index in [0.29, 0.717) is 5.92 Å². The fourth-order valence-electron chi connectivity index (χ4n) is 2.66. The molecule has 1 heterocycles. The van der Waals surface area contributed by atoms with E-state index in [0.717, 1.165) is 29.7 Å². The highest BCUT2D eigenvalue weighted by atomic mass is 16.3. The molecule has 1 amide bonds. The first kappa shape index (κ1) is 13.1. The van der Waals surface area contributed by atoms with Gasteiger partial charge in [0.05, 0.1) is 12.6 Å². The van der Waals surface area contributed by atoms with Crippen molar-refractivity contribution in [1.29, 1.82) is 0 Å². The number of aliphatic hydroxyl groups excluding tert-OH is 1. The number of aliphatic hydroxyl groups is 1. The Morgan fingerprint density at radius 1 is 1.44 bits per heavy atom. The zero-order chi connectivity index (χ0) is 13.3. The zero-order valence-electron chi connectivity index (χ0n) is 11.3. The minimum Gasteiger partial charge on any atom is -0.394 e. The van der Waals surface area contributed by atoms with Crippen molar-refractivity contribution in [1.82, 2.24) is 4.90 Å². The van der Waals surface area contributed by atoms with Crippen LogP contribution in [0.2, 0.25) is 0 Å². The van der Waals surface area contributed by atoms with E-state index in [2.05, 4.69) is 6.92 Å². The van der Waals surface area contributed by atoms with Crippen LogP contribution in [0.3, 0.4) is 0 Å². The van der Waals surface area contributed by atoms with Gasteiger partial charge in [-0.15, -0.1) is 0 Å². The summed E-state index contributed by atoms with van der Waals surface area (Å²) in [6.45, 7) is 6.85. The summed E-state index contributed by atoms with van der Waals surface area (Å²) in [7, 11) is 0. The van der Waals surface area contributed by atoms with Gasteiger partial charge in [0.2, 0.25) is 0 Å². The molecule has 98 valence electrons. The second-order valence-corrected chi connectivity index (χ2v) is 5.33. The highest BCUT2D eigenvalue weighted by Crippen LogP contribution is 2.26. The van der Waals surface area contributed by atoms with Crippen LogP contribution in [-0.4, -0.2) is 35.1 Å². The lowest BCUT2D eigenvalue weighted by molar-refractivity contribution is 0.0647. The number of likely N-dealkylation sites (tertiary alicyclic amines) is 1. The molecular weight excluding hydrogens is 226 g/mol. The number of carbonyl (C=O) groups is 1. The fraction of sp³-hybridized carbons (Fsp3) is 0.533. The summed E-state index contributed by atoms with van der Waals surface area (Å²) in [5.41, 5.74) is 2.86. The van der Waals surface area contributed by atoms with Crippen LogP contribution in [0.5, 0.6) is 0 Å². The molecule has 1 aliphatic rings. The van der Waals surface area contributed by atoms with E-state index in [1.54, 1.807) is 0 Å². The number of carbonyl (C=O) groups excluding carboxylic acids is 1. The van der Waals surface area contributed by atoms with Crippen molar-refractivity contribution in [2.24, 2.45) is 5.92 Å². The SMILES string of the molecule is Cc1ccc(C)c(C(=O)N2CCC(C)C2CO)c1. The van der Waals surface area contributed by atoms with Gasteiger partial charge in [-0.3, -0.25) is 4.79 Å². The number of hydrogen-bond acceptors (Lipinski definition) is 2. The minimum absolute atomic E-state index is 0.0302. The lowest BCUT2D eigenvalue weighted by atomic mass is 10.0. The third-order valence-electron chi connectivity index (χ3n) is 3.95. The van der Waals surface area contributed by atoms with Crippen molar-refractivity contribution in [2.75, 3.05) is 13.2 Å². The van der Waals surface area contributed by atoms with Gasteiger partial charge in [0.25, 0.3) is 5.91 Å². The molecule has 0 spiro atoms. The van der Waals surface area contributed by atoms with E-state index in [1.165, 1.54) is 0 Å². The summed E-state index contributed by atoms with van der Waals surface area (Å²) in [6.07, 6.45) is 0.974. The van der Waals surface area contributed by atoms with Crippen molar-refractivity contribution in [3.8, 4) is 0 Å². The Morgan fingerprint density at radius 2 is 2.17 bits per heavy atom. The van der Waals surface area contributed by atoms with E-state index in [-0.39, 0.29) is 18.6 Å². The molecule has 2 unspecified atom stereocenters. The molecule has 1 N–H and O–H groups in total. The summed E-state index contributed by atoms with van der Waals surface area (Å²) in [6, 6.07) is 5.91. The summed E-state index contributed by atoms with van der Waals surface area (Å²) >= 11 is 0. The highest BCUT2D eigenvalue weighted by Gasteiger charge is 2.34. The molecule has 3 heteroatoms. The van der Waals surface area contributed by atoms with Gasteiger partial charge in [-0.25, -0.2) is 0 Å². The van der Waals surface area contributed by atoms with E-state index in [9.17, 15) is 9.90 Å². The van der Waals surface area contributed by atoms with Crippen LogP contribution in [0.15, 0.2) is 18.2 Å². The zero-order valence-corrected chi connectivity index (χ0v) is 11.3. The molecule has 18 heavy (non-hydrogen) atoms. The van der Waals surface area contributed by atoms with Gasteiger partial charge < -0.3 is 10.0 Å².